The Morgan fingerprint density at radius 3 is 2.43 bits per heavy atom. The lowest BCUT2D eigenvalue weighted by Gasteiger charge is -2.34. The highest BCUT2D eigenvalue weighted by Gasteiger charge is 2.26. The van der Waals surface area contributed by atoms with Gasteiger partial charge in [0.2, 0.25) is 0 Å². The van der Waals surface area contributed by atoms with Gasteiger partial charge in [0, 0.05) is 38.3 Å². The highest BCUT2D eigenvalue weighted by atomic mass is 16.5. The van der Waals surface area contributed by atoms with Gasteiger partial charge in [-0.1, -0.05) is 30.3 Å². The van der Waals surface area contributed by atoms with E-state index in [-0.39, 0.29) is 5.91 Å². The summed E-state index contributed by atoms with van der Waals surface area (Å²) in [5, 5.41) is 8.91. The van der Waals surface area contributed by atoms with Crippen molar-refractivity contribution in [3.8, 4) is 11.8 Å². The predicted molar refractivity (Wildman–Crippen MR) is 112 cm³/mol. The van der Waals surface area contributed by atoms with Gasteiger partial charge in [0.05, 0.1) is 17.9 Å². The Labute approximate surface area is 175 Å². The number of furan rings is 1. The minimum absolute atomic E-state index is 0.0929. The summed E-state index contributed by atoms with van der Waals surface area (Å²) in [6.45, 7) is 3.99. The third-order valence-electron chi connectivity index (χ3n) is 5.23. The fourth-order valence-electron chi connectivity index (χ4n) is 3.51. The molecule has 0 saturated carbocycles. The summed E-state index contributed by atoms with van der Waals surface area (Å²) >= 11 is 0. The van der Waals surface area contributed by atoms with Crippen molar-refractivity contribution >= 4 is 5.91 Å². The summed E-state index contributed by atoms with van der Waals surface area (Å²) < 4.78 is 11.3. The van der Waals surface area contributed by atoms with Crippen LogP contribution in [-0.2, 0) is 13.2 Å². The first kappa shape index (κ1) is 19.7. The van der Waals surface area contributed by atoms with Crippen molar-refractivity contribution in [3.05, 3.63) is 89.4 Å². The number of para-hydroxylation sites is 1. The van der Waals surface area contributed by atoms with Crippen LogP contribution in [0, 0.1) is 11.3 Å². The van der Waals surface area contributed by atoms with E-state index in [1.807, 2.05) is 59.5 Å². The summed E-state index contributed by atoms with van der Waals surface area (Å²) in [5.41, 5.74) is 2.59. The second-order valence-electron chi connectivity index (χ2n) is 7.25. The van der Waals surface area contributed by atoms with E-state index in [1.54, 1.807) is 6.07 Å². The Balaban J connectivity index is 1.31. The van der Waals surface area contributed by atoms with Gasteiger partial charge in [0.15, 0.2) is 5.76 Å². The van der Waals surface area contributed by atoms with Crippen molar-refractivity contribution in [2.75, 3.05) is 26.2 Å². The molecule has 0 spiro atoms. The molecule has 0 aliphatic carbocycles. The van der Waals surface area contributed by atoms with Crippen LogP contribution in [0.3, 0.4) is 0 Å². The number of benzene rings is 2. The molecule has 0 unspecified atom stereocenters. The van der Waals surface area contributed by atoms with Crippen molar-refractivity contribution in [2.45, 2.75) is 13.2 Å². The lowest BCUT2D eigenvalue weighted by atomic mass is 10.1. The van der Waals surface area contributed by atoms with E-state index in [1.165, 1.54) is 11.8 Å². The molecule has 1 fully saturated rings. The van der Waals surface area contributed by atoms with Gasteiger partial charge in [-0.2, -0.15) is 5.26 Å². The number of amides is 1. The molecule has 0 bridgehead atoms. The number of rotatable bonds is 6. The Bertz CT molecular complexity index is 1010. The van der Waals surface area contributed by atoms with E-state index < -0.39 is 0 Å². The second kappa shape index (κ2) is 9.29. The first-order valence-electron chi connectivity index (χ1n) is 9.98. The molecule has 2 aromatic carbocycles. The molecular formula is C24H23N3O3. The van der Waals surface area contributed by atoms with Crippen LogP contribution in [0.5, 0.6) is 5.75 Å². The standard InChI is InChI=1S/C24H23N3O3/c25-16-19-6-8-20(9-7-19)17-26-11-13-27(14-12-26)24(28)23-21(10-15-29-23)18-30-22-4-2-1-3-5-22/h1-10,15H,11-14,17-18H2. The zero-order chi connectivity index (χ0) is 20.8. The molecule has 2 heterocycles. The van der Waals surface area contributed by atoms with Crippen LogP contribution in [0.25, 0.3) is 0 Å². The number of hydrogen-bond acceptors (Lipinski definition) is 5. The van der Waals surface area contributed by atoms with Crippen LogP contribution in [0.2, 0.25) is 0 Å². The number of carbonyl (C=O) groups is 1. The summed E-state index contributed by atoms with van der Waals surface area (Å²) in [6.07, 6.45) is 1.54. The van der Waals surface area contributed by atoms with Gasteiger partial charge >= 0.3 is 0 Å². The van der Waals surface area contributed by atoms with Gasteiger partial charge in [-0.05, 0) is 35.9 Å². The number of nitriles is 1. The number of carbonyl (C=O) groups excluding carboxylic acids is 1. The Hall–Kier alpha value is -3.56. The first-order chi connectivity index (χ1) is 14.7. The molecule has 6 nitrogen and oxygen atoms in total. The van der Waals surface area contributed by atoms with Crippen molar-refractivity contribution < 1.29 is 13.9 Å². The van der Waals surface area contributed by atoms with E-state index in [9.17, 15) is 4.79 Å². The van der Waals surface area contributed by atoms with Crippen LogP contribution < -0.4 is 4.74 Å². The fraction of sp³-hybridized carbons (Fsp3) is 0.250. The molecular weight excluding hydrogens is 378 g/mol. The molecule has 0 atom stereocenters. The van der Waals surface area contributed by atoms with Crippen LogP contribution >= 0.6 is 0 Å². The Morgan fingerprint density at radius 2 is 1.73 bits per heavy atom. The molecule has 4 rings (SSSR count). The van der Waals surface area contributed by atoms with Crippen molar-refractivity contribution in [1.82, 2.24) is 9.80 Å². The molecule has 1 aromatic heterocycles. The average molecular weight is 401 g/mol. The third kappa shape index (κ3) is 4.70. The molecule has 0 N–H and O–H groups in total. The Kier molecular flexibility index (Phi) is 6.11. The monoisotopic (exact) mass is 401 g/mol. The minimum Gasteiger partial charge on any atom is -0.489 e. The third-order valence-corrected chi connectivity index (χ3v) is 5.23. The predicted octanol–water partition coefficient (Wildman–Crippen LogP) is 3.69. The van der Waals surface area contributed by atoms with Crippen LogP contribution in [0.15, 0.2) is 71.3 Å². The van der Waals surface area contributed by atoms with Gasteiger partial charge < -0.3 is 14.1 Å². The first-order valence-corrected chi connectivity index (χ1v) is 9.98. The second-order valence-corrected chi connectivity index (χ2v) is 7.25. The normalized spacial score (nSPS) is 14.3. The number of nitrogens with zero attached hydrogens (tertiary/aromatic N) is 3. The molecule has 1 aliphatic rings. The average Bonchev–Trinajstić information content (AvgIpc) is 3.27. The van der Waals surface area contributed by atoms with E-state index in [0.29, 0.717) is 31.0 Å². The topological polar surface area (TPSA) is 69.7 Å². The van der Waals surface area contributed by atoms with Gasteiger partial charge in [-0.25, -0.2) is 0 Å². The number of hydrogen-bond donors (Lipinski definition) is 0. The van der Waals surface area contributed by atoms with Crippen LogP contribution in [-0.4, -0.2) is 41.9 Å². The number of ether oxygens (including phenoxy) is 1. The van der Waals surface area contributed by atoms with Crippen molar-refractivity contribution in [2.24, 2.45) is 0 Å². The molecule has 1 amide bonds. The van der Waals surface area contributed by atoms with Crippen molar-refractivity contribution in [3.63, 3.8) is 0 Å². The highest BCUT2D eigenvalue weighted by molar-refractivity contribution is 5.93. The molecule has 3 aromatic rings. The number of piperazine rings is 1. The molecule has 6 heteroatoms. The zero-order valence-corrected chi connectivity index (χ0v) is 16.7. The SMILES string of the molecule is N#Cc1ccc(CN2CCN(C(=O)c3occc3COc3ccccc3)CC2)cc1. The summed E-state index contributed by atoms with van der Waals surface area (Å²) in [5.74, 6) is 1.02. The molecule has 152 valence electrons. The van der Waals surface area contributed by atoms with Crippen molar-refractivity contribution in [1.29, 1.82) is 5.26 Å². The van der Waals surface area contributed by atoms with Gasteiger partial charge in [-0.15, -0.1) is 0 Å². The summed E-state index contributed by atoms with van der Waals surface area (Å²) in [4.78, 5) is 17.1. The smallest absolute Gasteiger partial charge is 0.290 e. The lowest BCUT2D eigenvalue weighted by molar-refractivity contribution is 0.0594. The highest BCUT2D eigenvalue weighted by Crippen LogP contribution is 2.19. The molecule has 1 aliphatic heterocycles. The van der Waals surface area contributed by atoms with E-state index >= 15 is 0 Å². The van der Waals surface area contributed by atoms with Crippen LogP contribution in [0.1, 0.15) is 27.2 Å². The van der Waals surface area contributed by atoms with E-state index in [0.717, 1.165) is 30.9 Å². The maximum absolute atomic E-state index is 13.0. The molecule has 0 radical (unpaired) electrons. The summed E-state index contributed by atoms with van der Waals surface area (Å²) in [7, 11) is 0. The minimum atomic E-state index is -0.0929. The van der Waals surface area contributed by atoms with E-state index in [2.05, 4.69) is 11.0 Å². The maximum atomic E-state index is 13.0. The Morgan fingerprint density at radius 1 is 1.00 bits per heavy atom. The zero-order valence-electron chi connectivity index (χ0n) is 16.7. The fourth-order valence-corrected chi connectivity index (χ4v) is 3.51. The summed E-state index contributed by atoms with van der Waals surface area (Å²) in [6, 6.07) is 21.1. The van der Waals surface area contributed by atoms with E-state index in [4.69, 9.17) is 14.4 Å². The quantitative estimate of drug-likeness (QED) is 0.630. The molecule has 30 heavy (non-hydrogen) atoms. The van der Waals surface area contributed by atoms with Crippen LogP contribution in [0.4, 0.5) is 0 Å². The largest absolute Gasteiger partial charge is 0.489 e. The van der Waals surface area contributed by atoms with Gasteiger partial charge in [0.25, 0.3) is 5.91 Å². The van der Waals surface area contributed by atoms with Gasteiger partial charge in [-0.3, -0.25) is 9.69 Å². The van der Waals surface area contributed by atoms with Gasteiger partial charge in [0.1, 0.15) is 12.4 Å². The lowest BCUT2D eigenvalue weighted by Crippen LogP contribution is -2.48. The maximum Gasteiger partial charge on any atom is 0.290 e. The molecule has 1 saturated heterocycles.